The second kappa shape index (κ2) is 9.49. The van der Waals surface area contributed by atoms with Gasteiger partial charge in [0, 0.05) is 4.88 Å². The minimum atomic E-state index is -0.763. The number of para-hydroxylation sites is 1. The molecular weight excluding hydrogens is 430 g/mol. The van der Waals surface area contributed by atoms with Crippen LogP contribution in [0.25, 0.3) is 0 Å². The number of anilines is 2. The fourth-order valence-corrected chi connectivity index (χ4v) is 4.76. The number of nitrogens with zero attached hydrogens (tertiary/aromatic N) is 1. The molecule has 1 aliphatic carbocycles. The zero-order valence-corrected chi connectivity index (χ0v) is 17.8. The van der Waals surface area contributed by atoms with Crippen molar-refractivity contribution in [2.45, 2.75) is 25.7 Å². The number of amides is 2. The number of ether oxygens (including phenoxy) is 1. The molecule has 2 heterocycles. The summed E-state index contributed by atoms with van der Waals surface area (Å²) in [5, 5.41) is 15.3. The summed E-state index contributed by atoms with van der Waals surface area (Å²) < 4.78 is 10.2. The molecule has 0 aliphatic heterocycles. The maximum absolute atomic E-state index is 12.5. The number of carbonyl (C=O) groups is 3. The lowest BCUT2D eigenvalue weighted by Crippen LogP contribution is -2.22. The second-order valence-electron chi connectivity index (χ2n) is 7.13. The average Bonchev–Trinajstić information content (AvgIpc) is 3.45. The van der Waals surface area contributed by atoms with E-state index < -0.39 is 24.4 Å². The monoisotopic (exact) mass is 449 g/mol. The molecule has 1 aromatic carbocycles. The van der Waals surface area contributed by atoms with Gasteiger partial charge < -0.3 is 19.8 Å². The number of furan rings is 1. The summed E-state index contributed by atoms with van der Waals surface area (Å²) in [4.78, 5) is 38.3. The fourth-order valence-electron chi connectivity index (χ4n) is 3.51. The van der Waals surface area contributed by atoms with Crippen molar-refractivity contribution in [3.63, 3.8) is 0 Å². The normalized spacial score (nSPS) is 12.3. The lowest BCUT2D eigenvalue weighted by atomic mass is 9.96. The maximum Gasteiger partial charge on any atom is 0.340 e. The summed E-state index contributed by atoms with van der Waals surface area (Å²) in [6.45, 7) is -0.521. The van der Waals surface area contributed by atoms with Crippen molar-refractivity contribution in [2.75, 3.05) is 17.2 Å². The lowest BCUT2D eigenvalue weighted by Gasteiger charge is -2.10. The van der Waals surface area contributed by atoms with Gasteiger partial charge in [0.25, 0.3) is 11.8 Å². The van der Waals surface area contributed by atoms with Crippen LogP contribution in [0, 0.1) is 11.3 Å². The first-order valence-corrected chi connectivity index (χ1v) is 10.8. The molecule has 2 amide bonds. The van der Waals surface area contributed by atoms with Crippen LogP contribution in [-0.2, 0) is 22.4 Å². The van der Waals surface area contributed by atoms with Gasteiger partial charge in [-0.3, -0.25) is 9.59 Å². The van der Waals surface area contributed by atoms with Gasteiger partial charge in [-0.25, -0.2) is 4.79 Å². The number of fused-ring (bicyclic) bond motifs is 1. The van der Waals surface area contributed by atoms with Crippen LogP contribution in [0.1, 0.15) is 49.8 Å². The van der Waals surface area contributed by atoms with Gasteiger partial charge in [0.15, 0.2) is 12.4 Å². The molecule has 0 unspecified atom stereocenters. The van der Waals surface area contributed by atoms with E-state index in [0.29, 0.717) is 10.6 Å². The van der Waals surface area contributed by atoms with E-state index >= 15 is 0 Å². The van der Waals surface area contributed by atoms with Crippen LogP contribution in [0.5, 0.6) is 0 Å². The molecule has 0 bridgehead atoms. The summed E-state index contributed by atoms with van der Waals surface area (Å²) in [6.07, 6.45) is 5.20. The van der Waals surface area contributed by atoms with Crippen LogP contribution >= 0.6 is 11.3 Å². The second-order valence-corrected chi connectivity index (χ2v) is 8.23. The number of nitriles is 1. The molecular formula is C23H19N3O5S. The van der Waals surface area contributed by atoms with E-state index in [2.05, 4.69) is 16.7 Å². The Labute approximate surface area is 187 Å². The SMILES string of the molecule is N#Cc1c(NC(=O)COC(=O)c2ccccc2NC(=O)c2ccco2)sc2c1CCCC2. The predicted molar refractivity (Wildman–Crippen MR) is 118 cm³/mol. The van der Waals surface area contributed by atoms with Crippen LogP contribution in [0.4, 0.5) is 10.7 Å². The predicted octanol–water partition coefficient (Wildman–Crippen LogP) is 4.14. The number of hydrogen-bond acceptors (Lipinski definition) is 7. The standard InChI is InChI=1S/C23H19N3O5S/c24-12-16-14-6-2-4-10-19(14)32-22(16)26-20(27)13-31-23(29)15-7-1-3-8-17(15)25-21(28)18-9-5-11-30-18/h1,3,5,7-9,11H,2,4,6,10,13H2,(H,25,28)(H,26,27). The third-order valence-electron chi connectivity index (χ3n) is 5.01. The van der Waals surface area contributed by atoms with Gasteiger partial charge in [-0.15, -0.1) is 11.3 Å². The van der Waals surface area contributed by atoms with Gasteiger partial charge in [-0.1, -0.05) is 12.1 Å². The Morgan fingerprint density at radius 1 is 1.09 bits per heavy atom. The molecule has 0 spiro atoms. The van der Waals surface area contributed by atoms with Gasteiger partial charge in [0.2, 0.25) is 0 Å². The van der Waals surface area contributed by atoms with Crippen molar-refractivity contribution in [3.8, 4) is 6.07 Å². The molecule has 0 saturated heterocycles. The highest BCUT2D eigenvalue weighted by Gasteiger charge is 2.22. The molecule has 9 heteroatoms. The molecule has 4 rings (SSSR count). The van der Waals surface area contributed by atoms with Crippen molar-refractivity contribution >= 4 is 39.8 Å². The van der Waals surface area contributed by atoms with Gasteiger partial charge in [0.05, 0.1) is 23.1 Å². The molecule has 1 aliphatic rings. The van der Waals surface area contributed by atoms with Gasteiger partial charge in [0.1, 0.15) is 11.1 Å². The van der Waals surface area contributed by atoms with Crippen molar-refractivity contribution < 1.29 is 23.5 Å². The number of esters is 1. The summed E-state index contributed by atoms with van der Waals surface area (Å²) >= 11 is 1.40. The van der Waals surface area contributed by atoms with Gasteiger partial charge in [-0.05, 0) is 55.5 Å². The number of hydrogen-bond donors (Lipinski definition) is 2. The van der Waals surface area contributed by atoms with Crippen LogP contribution < -0.4 is 10.6 Å². The molecule has 0 fully saturated rings. The van der Waals surface area contributed by atoms with Crippen molar-refractivity contribution in [1.29, 1.82) is 5.26 Å². The minimum absolute atomic E-state index is 0.0968. The summed E-state index contributed by atoms with van der Waals surface area (Å²) in [5.74, 6) is -1.72. The Morgan fingerprint density at radius 2 is 1.91 bits per heavy atom. The number of aryl methyl sites for hydroxylation is 1. The van der Waals surface area contributed by atoms with Crippen molar-refractivity contribution in [1.82, 2.24) is 0 Å². The number of carbonyl (C=O) groups excluding carboxylic acids is 3. The zero-order valence-electron chi connectivity index (χ0n) is 17.0. The Balaban J connectivity index is 1.39. The molecule has 2 aromatic heterocycles. The number of nitrogens with one attached hydrogen (secondary N) is 2. The van der Waals surface area contributed by atoms with Crippen LogP contribution in [0.2, 0.25) is 0 Å². The topological polar surface area (TPSA) is 121 Å². The zero-order chi connectivity index (χ0) is 22.5. The van der Waals surface area contributed by atoms with E-state index in [1.54, 1.807) is 24.3 Å². The lowest BCUT2D eigenvalue weighted by molar-refractivity contribution is -0.119. The minimum Gasteiger partial charge on any atom is -0.459 e. The highest BCUT2D eigenvalue weighted by atomic mass is 32.1. The average molecular weight is 449 g/mol. The fraction of sp³-hybridized carbons (Fsp3) is 0.217. The van der Waals surface area contributed by atoms with Gasteiger partial charge >= 0.3 is 5.97 Å². The van der Waals surface area contributed by atoms with Gasteiger partial charge in [-0.2, -0.15) is 5.26 Å². The van der Waals surface area contributed by atoms with E-state index in [4.69, 9.17) is 9.15 Å². The molecule has 8 nitrogen and oxygen atoms in total. The van der Waals surface area contributed by atoms with Crippen molar-refractivity contribution in [3.05, 3.63) is 70.0 Å². The largest absolute Gasteiger partial charge is 0.459 e. The quantitative estimate of drug-likeness (QED) is 0.546. The van der Waals surface area contributed by atoms with E-state index in [1.165, 1.54) is 29.7 Å². The van der Waals surface area contributed by atoms with E-state index in [9.17, 15) is 19.6 Å². The number of benzene rings is 1. The summed E-state index contributed by atoms with van der Waals surface area (Å²) in [6, 6.07) is 11.6. The van der Waals surface area contributed by atoms with Crippen molar-refractivity contribution in [2.24, 2.45) is 0 Å². The first-order valence-electron chi connectivity index (χ1n) is 10.0. The number of rotatable bonds is 6. The molecule has 162 valence electrons. The van der Waals surface area contributed by atoms with Crippen LogP contribution in [0.3, 0.4) is 0 Å². The Kier molecular flexibility index (Phi) is 6.33. The Hall–Kier alpha value is -3.90. The molecule has 3 aromatic rings. The Bertz CT molecular complexity index is 1210. The maximum atomic E-state index is 12.5. The van der Waals surface area contributed by atoms with Crippen LogP contribution in [-0.4, -0.2) is 24.4 Å². The molecule has 0 atom stereocenters. The molecule has 0 saturated carbocycles. The highest BCUT2D eigenvalue weighted by Crippen LogP contribution is 2.37. The summed E-state index contributed by atoms with van der Waals surface area (Å²) in [5.41, 5.74) is 1.84. The summed E-state index contributed by atoms with van der Waals surface area (Å²) in [7, 11) is 0. The third-order valence-corrected chi connectivity index (χ3v) is 6.22. The first kappa shape index (κ1) is 21.3. The van der Waals surface area contributed by atoms with E-state index in [-0.39, 0.29) is 17.0 Å². The molecule has 2 N–H and O–H groups in total. The van der Waals surface area contributed by atoms with Crippen LogP contribution in [0.15, 0.2) is 47.1 Å². The Morgan fingerprint density at radius 3 is 2.69 bits per heavy atom. The number of thiophene rings is 1. The third kappa shape index (κ3) is 4.55. The highest BCUT2D eigenvalue weighted by molar-refractivity contribution is 7.16. The van der Waals surface area contributed by atoms with E-state index in [1.807, 2.05) is 0 Å². The smallest absolute Gasteiger partial charge is 0.340 e. The first-order chi connectivity index (χ1) is 15.6. The molecule has 32 heavy (non-hydrogen) atoms. The molecule has 0 radical (unpaired) electrons. The van der Waals surface area contributed by atoms with E-state index in [0.717, 1.165) is 36.1 Å².